The maximum atomic E-state index is 5.71. The molecule has 1 heterocycles. The smallest absolute Gasteiger partial charge is 0.193 e. The van der Waals surface area contributed by atoms with Crippen molar-refractivity contribution in [1.82, 2.24) is 10.2 Å². The van der Waals surface area contributed by atoms with E-state index in [4.69, 9.17) is 9.47 Å². The van der Waals surface area contributed by atoms with Gasteiger partial charge < -0.3 is 19.7 Å². The number of hydrogen-bond donors (Lipinski definition) is 1. The van der Waals surface area contributed by atoms with Crippen LogP contribution in [0.3, 0.4) is 0 Å². The monoisotopic (exact) mass is 433 g/mol. The lowest BCUT2D eigenvalue weighted by Gasteiger charge is -2.23. The molecule has 1 aliphatic rings. The van der Waals surface area contributed by atoms with E-state index in [9.17, 15) is 0 Å². The Labute approximate surface area is 156 Å². The molecule has 0 spiro atoms. The Bertz CT molecular complexity index is 503. The highest BCUT2D eigenvalue weighted by atomic mass is 127. The summed E-state index contributed by atoms with van der Waals surface area (Å²) in [7, 11) is 3.49. The van der Waals surface area contributed by atoms with Crippen molar-refractivity contribution in [2.45, 2.75) is 20.3 Å². The number of aliphatic imine (C=N–C) groups is 1. The molecule has 0 aliphatic carbocycles. The van der Waals surface area contributed by atoms with Crippen LogP contribution >= 0.6 is 24.0 Å². The molecule has 0 bridgehead atoms. The third-order valence-electron chi connectivity index (χ3n) is 3.90. The molecule has 1 aromatic carbocycles. The first-order valence-electron chi connectivity index (χ1n) is 7.76. The number of guanidine groups is 1. The summed E-state index contributed by atoms with van der Waals surface area (Å²) in [6.45, 7) is 8.04. The van der Waals surface area contributed by atoms with Crippen LogP contribution in [0.1, 0.15) is 20.3 Å². The van der Waals surface area contributed by atoms with Crippen molar-refractivity contribution in [1.29, 1.82) is 0 Å². The quantitative estimate of drug-likeness (QED) is 0.336. The summed E-state index contributed by atoms with van der Waals surface area (Å²) >= 11 is 0. The third kappa shape index (κ3) is 6.08. The van der Waals surface area contributed by atoms with Gasteiger partial charge in [-0.05, 0) is 36.1 Å². The summed E-state index contributed by atoms with van der Waals surface area (Å²) in [6, 6.07) is 7.62. The van der Waals surface area contributed by atoms with Gasteiger partial charge in [0.15, 0.2) is 5.96 Å². The van der Waals surface area contributed by atoms with Crippen molar-refractivity contribution in [3.63, 3.8) is 0 Å². The Morgan fingerprint density at radius 2 is 1.91 bits per heavy atom. The van der Waals surface area contributed by atoms with Crippen LogP contribution in [-0.2, 0) is 0 Å². The van der Waals surface area contributed by atoms with Crippen LogP contribution in [0.2, 0.25) is 0 Å². The predicted octanol–water partition coefficient (Wildman–Crippen LogP) is 3.00. The molecule has 0 saturated carbocycles. The average Bonchev–Trinajstić information content (AvgIpc) is 2.88. The van der Waals surface area contributed by atoms with Gasteiger partial charge in [0.25, 0.3) is 0 Å². The lowest BCUT2D eigenvalue weighted by atomic mass is 9.93. The number of likely N-dealkylation sites (tertiary alicyclic amines) is 1. The Morgan fingerprint density at radius 3 is 2.43 bits per heavy atom. The van der Waals surface area contributed by atoms with Crippen LogP contribution < -0.4 is 14.8 Å². The van der Waals surface area contributed by atoms with E-state index in [1.54, 1.807) is 7.11 Å². The van der Waals surface area contributed by atoms with E-state index in [1.165, 1.54) is 6.42 Å². The molecule has 23 heavy (non-hydrogen) atoms. The number of halogens is 1. The number of ether oxygens (including phenoxy) is 2. The number of hydrogen-bond acceptors (Lipinski definition) is 3. The molecule has 1 saturated heterocycles. The fourth-order valence-electron chi connectivity index (χ4n) is 2.63. The standard InChI is InChI=1S/C17H27N3O2.HI/c1-17(2)9-11-20(13-17)16(18-3)19-10-12-22-15-7-5-14(21-4)6-8-15;/h5-8H,9-13H2,1-4H3,(H,18,19);1H. The molecular formula is C17H28IN3O2. The van der Waals surface area contributed by atoms with Crippen LogP contribution in [0.5, 0.6) is 11.5 Å². The zero-order chi connectivity index (χ0) is 16.0. The van der Waals surface area contributed by atoms with Gasteiger partial charge in [-0.3, -0.25) is 4.99 Å². The molecule has 0 atom stereocenters. The Hall–Kier alpha value is -1.18. The van der Waals surface area contributed by atoms with Crippen LogP contribution in [0.25, 0.3) is 0 Å². The van der Waals surface area contributed by atoms with Gasteiger partial charge in [-0.2, -0.15) is 0 Å². The van der Waals surface area contributed by atoms with E-state index in [-0.39, 0.29) is 24.0 Å². The summed E-state index contributed by atoms with van der Waals surface area (Å²) in [4.78, 5) is 6.68. The lowest BCUT2D eigenvalue weighted by molar-refractivity contribution is 0.316. The van der Waals surface area contributed by atoms with Gasteiger partial charge in [0, 0.05) is 20.1 Å². The van der Waals surface area contributed by atoms with Crippen molar-refractivity contribution in [3.8, 4) is 11.5 Å². The first-order chi connectivity index (χ1) is 10.5. The third-order valence-corrected chi connectivity index (χ3v) is 3.90. The zero-order valence-corrected chi connectivity index (χ0v) is 16.8. The van der Waals surface area contributed by atoms with Gasteiger partial charge in [0.05, 0.1) is 13.7 Å². The van der Waals surface area contributed by atoms with Crippen molar-refractivity contribution >= 4 is 29.9 Å². The predicted molar refractivity (Wildman–Crippen MR) is 105 cm³/mol. The van der Waals surface area contributed by atoms with Crippen molar-refractivity contribution in [3.05, 3.63) is 24.3 Å². The Kier molecular flexibility index (Phi) is 7.94. The summed E-state index contributed by atoms with van der Waals surface area (Å²) in [5.41, 5.74) is 0.372. The topological polar surface area (TPSA) is 46.1 Å². The fraction of sp³-hybridized carbons (Fsp3) is 0.588. The molecule has 1 aliphatic heterocycles. The van der Waals surface area contributed by atoms with E-state index >= 15 is 0 Å². The highest BCUT2D eigenvalue weighted by molar-refractivity contribution is 14.0. The van der Waals surface area contributed by atoms with E-state index in [0.717, 1.165) is 37.1 Å². The van der Waals surface area contributed by atoms with Crippen molar-refractivity contribution in [2.24, 2.45) is 10.4 Å². The second-order valence-corrected chi connectivity index (χ2v) is 6.33. The summed E-state index contributed by atoms with van der Waals surface area (Å²) in [5, 5.41) is 3.37. The molecule has 5 nitrogen and oxygen atoms in total. The number of rotatable bonds is 5. The number of nitrogens with one attached hydrogen (secondary N) is 1. The molecule has 0 unspecified atom stereocenters. The maximum Gasteiger partial charge on any atom is 0.193 e. The number of nitrogens with zero attached hydrogens (tertiary/aromatic N) is 2. The van der Waals surface area contributed by atoms with E-state index < -0.39 is 0 Å². The average molecular weight is 433 g/mol. The maximum absolute atomic E-state index is 5.71. The molecule has 1 N–H and O–H groups in total. The van der Waals surface area contributed by atoms with Crippen LogP contribution in [-0.4, -0.2) is 51.3 Å². The molecule has 2 rings (SSSR count). The SMILES string of the molecule is CN=C(NCCOc1ccc(OC)cc1)N1CCC(C)(C)C1.I. The molecular weight excluding hydrogens is 405 g/mol. The number of methoxy groups -OCH3 is 1. The van der Waals surface area contributed by atoms with Gasteiger partial charge in [-0.25, -0.2) is 0 Å². The molecule has 0 radical (unpaired) electrons. The largest absolute Gasteiger partial charge is 0.497 e. The Morgan fingerprint density at radius 1 is 1.26 bits per heavy atom. The van der Waals surface area contributed by atoms with Crippen LogP contribution in [0.15, 0.2) is 29.3 Å². The normalized spacial score (nSPS) is 16.7. The molecule has 0 amide bonds. The molecule has 1 fully saturated rings. The molecule has 130 valence electrons. The molecule has 6 heteroatoms. The summed E-state index contributed by atoms with van der Waals surface area (Å²) < 4.78 is 10.8. The minimum absolute atomic E-state index is 0. The first-order valence-corrected chi connectivity index (χ1v) is 7.76. The molecule has 1 aromatic rings. The number of benzene rings is 1. The summed E-state index contributed by atoms with van der Waals surface area (Å²) in [5.74, 6) is 2.64. The van der Waals surface area contributed by atoms with Crippen molar-refractivity contribution < 1.29 is 9.47 Å². The zero-order valence-electron chi connectivity index (χ0n) is 14.5. The minimum atomic E-state index is 0. The van der Waals surface area contributed by atoms with E-state index in [0.29, 0.717) is 12.0 Å². The van der Waals surface area contributed by atoms with Gasteiger partial charge >= 0.3 is 0 Å². The summed E-state index contributed by atoms with van der Waals surface area (Å²) in [6.07, 6.45) is 1.20. The fourth-order valence-corrected chi connectivity index (χ4v) is 2.63. The van der Waals surface area contributed by atoms with E-state index in [2.05, 4.69) is 29.1 Å². The van der Waals surface area contributed by atoms with Gasteiger partial charge in [-0.15, -0.1) is 24.0 Å². The molecule has 0 aromatic heterocycles. The highest BCUT2D eigenvalue weighted by Gasteiger charge is 2.30. The van der Waals surface area contributed by atoms with Crippen LogP contribution in [0.4, 0.5) is 0 Å². The van der Waals surface area contributed by atoms with E-state index in [1.807, 2.05) is 31.3 Å². The Balaban J connectivity index is 0.00000264. The second-order valence-electron chi connectivity index (χ2n) is 6.33. The van der Waals surface area contributed by atoms with Crippen molar-refractivity contribution in [2.75, 3.05) is 40.4 Å². The van der Waals surface area contributed by atoms with Gasteiger partial charge in [-0.1, -0.05) is 13.8 Å². The highest BCUT2D eigenvalue weighted by Crippen LogP contribution is 2.28. The van der Waals surface area contributed by atoms with Gasteiger partial charge in [0.1, 0.15) is 18.1 Å². The van der Waals surface area contributed by atoms with Gasteiger partial charge in [0.2, 0.25) is 0 Å². The lowest BCUT2D eigenvalue weighted by Crippen LogP contribution is -2.42. The first kappa shape index (κ1) is 19.9. The minimum Gasteiger partial charge on any atom is -0.497 e. The van der Waals surface area contributed by atoms with Crippen LogP contribution in [0, 0.1) is 5.41 Å². The second kappa shape index (κ2) is 9.20.